The van der Waals surface area contributed by atoms with Crippen LogP contribution in [0.25, 0.3) is 0 Å². The van der Waals surface area contributed by atoms with Crippen molar-refractivity contribution in [1.29, 1.82) is 0 Å². The largest absolute Gasteiger partial charge is 1.00 e. The summed E-state index contributed by atoms with van der Waals surface area (Å²) in [6.07, 6.45) is 46.7. The van der Waals surface area contributed by atoms with Gasteiger partial charge in [-0.05, 0) is 38.8 Å². The zero-order valence-electron chi connectivity index (χ0n) is 58.0. The predicted octanol–water partition coefficient (Wildman–Crippen LogP) is 12.6. The molecule has 0 fully saturated rings. The number of esters is 4. The molecule has 0 heterocycles. The summed E-state index contributed by atoms with van der Waals surface area (Å²) in [4.78, 5) is 79.3. The van der Waals surface area contributed by atoms with Gasteiger partial charge in [-0.2, -0.15) is 0 Å². The minimum Gasteiger partial charge on any atom is -0.809 e. The fraction of sp³-hybridized carbons (Fsp3) is 0.861. The molecule has 4 atom stereocenters. The Morgan fingerprint density at radius 1 is 0.360 bits per heavy atom. The van der Waals surface area contributed by atoms with Crippen molar-refractivity contribution in [1.82, 2.24) is 0 Å². The molecule has 0 saturated heterocycles. The average Bonchev–Trinajstić information content (AvgIpc) is 2.73. The third-order valence-corrected chi connectivity index (χ3v) is 17.5. The van der Waals surface area contributed by atoms with E-state index in [-0.39, 0.29) is 105 Å². The first-order chi connectivity index (χ1) is 42.4. The molecule has 2 unspecified atom stereocenters. The first kappa shape index (κ1) is 90.2. The van der Waals surface area contributed by atoms with Crippen LogP contribution in [0.15, 0.2) is 30.3 Å². The van der Waals surface area contributed by atoms with Crippen molar-refractivity contribution in [2.45, 2.75) is 367 Å². The van der Waals surface area contributed by atoms with E-state index in [4.69, 9.17) is 33.2 Å². The number of ether oxygens (including phenoxy) is 7. The van der Waals surface area contributed by atoms with E-state index in [0.29, 0.717) is 31.2 Å². The van der Waals surface area contributed by atoms with Crippen LogP contribution in [-0.4, -0.2) is 81.1 Å². The summed E-state index contributed by atoms with van der Waals surface area (Å²) in [5, 5.41) is 0. The number of hydrogen-bond acceptors (Lipinski definition) is 14. The van der Waals surface area contributed by atoms with Gasteiger partial charge in [-0.15, -0.1) is 0 Å². The minimum atomic E-state index is -5.66. The van der Waals surface area contributed by atoms with Crippen molar-refractivity contribution in [2.75, 3.05) is 33.0 Å². The van der Waals surface area contributed by atoms with Crippen molar-refractivity contribution in [3.8, 4) is 0 Å². The summed E-state index contributed by atoms with van der Waals surface area (Å²) in [7, 11) is -5.66. The molecule has 0 amide bonds. The molecule has 1 aromatic rings. The maximum Gasteiger partial charge on any atom is 1.00 e. The van der Waals surface area contributed by atoms with Crippen molar-refractivity contribution < 1.29 is 126 Å². The summed E-state index contributed by atoms with van der Waals surface area (Å²) in [5.74, 6) is -4.03. The van der Waals surface area contributed by atoms with E-state index in [1.165, 1.54) is 173 Å². The average molecular weight is 1300 g/mol. The SMILES string of the molecule is CCCCCCCCCCCCCC(=O)OC[C@H](COC(C(COC[C@@H](COC(=O)CCCCCCCCCCCCC)OC(=O)CCCCCCCCCCCCC)OCc1ccccc1)P(=O)([O-])[O-])OC(=O)CCCCCCCCCCCCC.[Na+].[Na+]. The van der Waals surface area contributed by atoms with Crippen molar-refractivity contribution >= 4 is 31.5 Å². The zero-order chi connectivity index (χ0) is 63.4. The van der Waals surface area contributed by atoms with Gasteiger partial charge in [0.15, 0.2) is 12.2 Å². The Bertz CT molecular complexity index is 1770. The number of hydrogen-bond donors (Lipinski definition) is 0. The standard InChI is InChI=1S/C72H131O14P.2Na/c1-5-9-13-17-21-25-29-33-37-41-48-54-68(73)82-60-65(85-70(75)56-50-43-39-35-31-27-23-19-15-11-7-3)59-80-63-67(81-58-64-52-46-45-47-53-64)72(87(77,78)79)84-62-66(86-71(76)57-51-44-40-36-32-28-24-20-16-12-8-4)61-83-69(74)55-49-42-38-34-30-26-22-18-14-10-6-2;;/h45-47,52-53,65-67,72H,5-44,48-51,54-63H2,1-4H3,(H2,77,78,79);;/q;2*+1/p-2/t65-,66+,67?,72?;;/m0../s1. The van der Waals surface area contributed by atoms with E-state index in [9.17, 15) is 33.5 Å². The molecule has 0 aliphatic heterocycles. The van der Waals surface area contributed by atoms with Gasteiger partial charge in [-0.25, -0.2) is 0 Å². The predicted molar refractivity (Wildman–Crippen MR) is 349 cm³/mol. The summed E-state index contributed by atoms with van der Waals surface area (Å²) >= 11 is 0. The molecule has 0 aliphatic rings. The van der Waals surface area contributed by atoms with Crippen LogP contribution in [0.4, 0.5) is 0 Å². The van der Waals surface area contributed by atoms with Gasteiger partial charge in [0.25, 0.3) is 0 Å². The molecule has 0 spiro atoms. The maximum absolute atomic E-state index is 13.3. The molecule has 0 bridgehead atoms. The van der Waals surface area contributed by atoms with Crippen LogP contribution >= 0.6 is 7.60 Å². The van der Waals surface area contributed by atoms with E-state index < -0.39 is 75.5 Å². The van der Waals surface area contributed by atoms with E-state index in [2.05, 4.69) is 27.7 Å². The van der Waals surface area contributed by atoms with Crippen LogP contribution in [0, 0.1) is 0 Å². The number of carbonyl (C=O) groups is 4. The number of rotatable bonds is 66. The van der Waals surface area contributed by atoms with E-state index in [1.54, 1.807) is 24.3 Å². The Kier molecular flexibility index (Phi) is 68.0. The molecule has 17 heteroatoms. The Morgan fingerprint density at radius 3 is 0.944 bits per heavy atom. The van der Waals surface area contributed by atoms with Crippen molar-refractivity contribution in [3.05, 3.63) is 35.9 Å². The van der Waals surface area contributed by atoms with E-state index in [0.717, 1.165) is 83.5 Å². The Hall–Kier alpha value is -0.870. The van der Waals surface area contributed by atoms with E-state index in [1.807, 2.05) is 6.07 Å². The third-order valence-electron chi connectivity index (χ3n) is 16.4. The Morgan fingerprint density at radius 2 is 0.640 bits per heavy atom. The Balaban J connectivity index is 0. The van der Waals surface area contributed by atoms with Gasteiger partial charge in [0, 0.05) is 25.7 Å². The smallest absolute Gasteiger partial charge is 0.809 e. The minimum absolute atomic E-state index is 0. The molecule has 0 N–H and O–H groups in total. The van der Waals surface area contributed by atoms with Crippen LogP contribution in [0.5, 0.6) is 0 Å². The van der Waals surface area contributed by atoms with Gasteiger partial charge in [0.05, 0.1) is 26.4 Å². The van der Waals surface area contributed by atoms with Crippen LogP contribution in [0.2, 0.25) is 0 Å². The van der Waals surface area contributed by atoms with Gasteiger partial charge in [0.2, 0.25) is 0 Å². The number of unbranched alkanes of at least 4 members (excludes halogenated alkanes) is 40. The number of carbonyl (C=O) groups excluding carboxylic acids is 4. The van der Waals surface area contributed by atoms with Gasteiger partial charge < -0.3 is 47.5 Å². The van der Waals surface area contributed by atoms with Crippen molar-refractivity contribution in [3.63, 3.8) is 0 Å². The quantitative estimate of drug-likeness (QED) is 0.0196. The monoisotopic (exact) mass is 1290 g/mol. The molecule has 89 heavy (non-hydrogen) atoms. The summed E-state index contributed by atoms with van der Waals surface area (Å²) in [6, 6.07) is 8.99. The van der Waals surface area contributed by atoms with Gasteiger partial charge >= 0.3 is 83.0 Å². The molecule has 0 aromatic heterocycles. The second-order valence-electron chi connectivity index (χ2n) is 24.9. The fourth-order valence-corrected chi connectivity index (χ4v) is 11.7. The van der Waals surface area contributed by atoms with Gasteiger partial charge in [0.1, 0.15) is 25.2 Å². The maximum atomic E-state index is 13.3. The molecule has 1 aromatic carbocycles. The molecule has 0 saturated carbocycles. The topological polar surface area (TPSA) is 196 Å². The molecular formula is C72H129Na2O14P. The third kappa shape index (κ3) is 59.4. The van der Waals surface area contributed by atoms with E-state index >= 15 is 0 Å². The van der Waals surface area contributed by atoms with Crippen LogP contribution in [0.3, 0.4) is 0 Å². The van der Waals surface area contributed by atoms with Crippen LogP contribution < -0.4 is 68.9 Å². The number of benzene rings is 1. The van der Waals surface area contributed by atoms with Gasteiger partial charge in [-0.1, -0.05) is 315 Å². The first-order valence-corrected chi connectivity index (χ1v) is 37.6. The molecule has 508 valence electrons. The van der Waals surface area contributed by atoms with Gasteiger partial charge in [-0.3, -0.25) is 19.2 Å². The summed E-state index contributed by atoms with van der Waals surface area (Å²) in [6.45, 7) is 6.72. The van der Waals surface area contributed by atoms with Crippen molar-refractivity contribution in [2.24, 2.45) is 0 Å². The second kappa shape index (κ2) is 67.1. The summed E-state index contributed by atoms with van der Waals surface area (Å²) < 4.78 is 54.3. The summed E-state index contributed by atoms with van der Waals surface area (Å²) in [5.41, 5.74) is 0.686. The molecule has 0 radical (unpaired) electrons. The normalized spacial score (nSPS) is 12.8. The molecule has 0 aliphatic carbocycles. The first-order valence-electron chi connectivity index (χ1n) is 36.0. The zero-order valence-corrected chi connectivity index (χ0v) is 62.9. The Labute approximate surface area is 588 Å². The fourth-order valence-electron chi connectivity index (χ4n) is 10.9. The van der Waals surface area contributed by atoms with Crippen LogP contribution in [-0.2, 0) is 63.5 Å². The molecule has 1 rings (SSSR count). The molecular weight excluding hydrogens is 1170 g/mol. The molecule has 14 nitrogen and oxygen atoms in total. The van der Waals surface area contributed by atoms with Crippen LogP contribution in [0.1, 0.15) is 341 Å². The second-order valence-corrected chi connectivity index (χ2v) is 26.5.